The lowest BCUT2D eigenvalue weighted by Gasteiger charge is -2.07. The monoisotopic (exact) mass is 372 g/mol. The molecule has 7 nitrogen and oxygen atoms in total. The number of carbonyl (C=O) groups excluding carboxylic acids is 1. The van der Waals surface area contributed by atoms with E-state index in [2.05, 4.69) is 10.4 Å². The lowest BCUT2D eigenvalue weighted by atomic mass is 10.1. The molecule has 0 aliphatic rings. The number of halogens is 1. The third-order valence-electron chi connectivity index (χ3n) is 4.01. The summed E-state index contributed by atoms with van der Waals surface area (Å²) in [5, 5.41) is 19.4. The van der Waals surface area contributed by atoms with Crippen LogP contribution >= 0.6 is 11.6 Å². The van der Waals surface area contributed by atoms with Gasteiger partial charge in [-0.3, -0.25) is 19.6 Å². The normalized spacial score (nSPS) is 10.8. The molecule has 0 aliphatic carbocycles. The van der Waals surface area contributed by atoms with Crippen molar-refractivity contribution in [1.82, 2.24) is 15.1 Å². The van der Waals surface area contributed by atoms with Crippen LogP contribution in [0.4, 0.5) is 5.69 Å². The van der Waals surface area contributed by atoms with E-state index in [-0.39, 0.29) is 18.0 Å². The van der Waals surface area contributed by atoms with E-state index >= 15 is 0 Å². The minimum Gasteiger partial charge on any atom is -0.356 e. The van der Waals surface area contributed by atoms with Gasteiger partial charge in [0.25, 0.3) is 5.69 Å². The standard InChI is InChI=1S/C18H17ClN4O3/c19-15-3-1-2-13(10-15)6-8-20-18(24)7-9-22-17-11-16(23(25)26)5-4-14(17)12-21-22/h1-5,10-12H,6-9H2,(H,20,24). The Hall–Kier alpha value is -2.93. The van der Waals surface area contributed by atoms with Gasteiger partial charge >= 0.3 is 0 Å². The number of nitrogens with one attached hydrogen (secondary N) is 1. The van der Waals surface area contributed by atoms with E-state index in [0.717, 1.165) is 10.9 Å². The van der Waals surface area contributed by atoms with Crippen LogP contribution in [0.2, 0.25) is 5.02 Å². The Kier molecular flexibility index (Phi) is 5.48. The van der Waals surface area contributed by atoms with Gasteiger partial charge in [0.2, 0.25) is 5.91 Å². The second-order valence-electron chi connectivity index (χ2n) is 5.85. The minimum absolute atomic E-state index is 0.00484. The number of aryl methyl sites for hydroxylation is 1. The molecule has 3 rings (SSSR count). The molecule has 0 saturated heterocycles. The van der Waals surface area contributed by atoms with Crippen LogP contribution in [-0.4, -0.2) is 27.2 Å². The van der Waals surface area contributed by atoms with Crippen molar-refractivity contribution in [1.29, 1.82) is 0 Å². The first-order valence-electron chi connectivity index (χ1n) is 8.14. The van der Waals surface area contributed by atoms with Gasteiger partial charge in [0.15, 0.2) is 0 Å². The lowest BCUT2D eigenvalue weighted by Crippen LogP contribution is -2.26. The number of aromatic nitrogens is 2. The van der Waals surface area contributed by atoms with E-state index in [1.54, 1.807) is 16.9 Å². The van der Waals surface area contributed by atoms with Crippen molar-refractivity contribution in [2.45, 2.75) is 19.4 Å². The average Bonchev–Trinajstić information content (AvgIpc) is 3.02. The summed E-state index contributed by atoms with van der Waals surface area (Å²) >= 11 is 5.93. The topological polar surface area (TPSA) is 90.1 Å². The largest absolute Gasteiger partial charge is 0.356 e. The van der Waals surface area contributed by atoms with Gasteiger partial charge in [0, 0.05) is 35.5 Å². The Balaban J connectivity index is 1.53. The Morgan fingerprint density at radius 2 is 2.12 bits per heavy atom. The fourth-order valence-electron chi connectivity index (χ4n) is 2.69. The molecule has 8 heteroatoms. The first-order chi connectivity index (χ1) is 12.5. The van der Waals surface area contributed by atoms with Crippen molar-refractivity contribution in [2.24, 2.45) is 0 Å². The zero-order valence-electron chi connectivity index (χ0n) is 13.9. The van der Waals surface area contributed by atoms with Crippen molar-refractivity contribution >= 4 is 34.1 Å². The summed E-state index contributed by atoms with van der Waals surface area (Å²) in [6.45, 7) is 0.873. The quantitative estimate of drug-likeness (QED) is 0.508. The molecule has 0 aliphatic heterocycles. The number of rotatable bonds is 7. The number of non-ortho nitro benzene ring substituents is 1. The number of fused-ring (bicyclic) bond motifs is 1. The van der Waals surface area contributed by atoms with E-state index in [0.29, 0.717) is 30.0 Å². The van der Waals surface area contributed by atoms with Crippen LogP contribution in [0.3, 0.4) is 0 Å². The highest BCUT2D eigenvalue weighted by Gasteiger charge is 2.11. The first-order valence-corrected chi connectivity index (χ1v) is 8.52. The van der Waals surface area contributed by atoms with Crippen LogP contribution in [0.15, 0.2) is 48.7 Å². The molecule has 0 fully saturated rings. The number of carbonyl (C=O) groups is 1. The van der Waals surface area contributed by atoms with Gasteiger partial charge in [-0.2, -0.15) is 5.10 Å². The highest BCUT2D eigenvalue weighted by atomic mass is 35.5. The number of amides is 1. The highest BCUT2D eigenvalue weighted by molar-refractivity contribution is 6.30. The maximum absolute atomic E-state index is 12.0. The van der Waals surface area contributed by atoms with Crippen molar-refractivity contribution < 1.29 is 9.72 Å². The van der Waals surface area contributed by atoms with Gasteiger partial charge in [-0.05, 0) is 30.2 Å². The predicted octanol–water partition coefficient (Wildman–Crippen LogP) is 3.35. The molecule has 3 aromatic rings. The van der Waals surface area contributed by atoms with Gasteiger partial charge in [-0.25, -0.2) is 0 Å². The molecule has 26 heavy (non-hydrogen) atoms. The third-order valence-corrected chi connectivity index (χ3v) is 4.25. The summed E-state index contributed by atoms with van der Waals surface area (Å²) in [5.41, 5.74) is 1.71. The van der Waals surface area contributed by atoms with E-state index in [1.165, 1.54) is 12.1 Å². The van der Waals surface area contributed by atoms with Gasteiger partial charge in [0.05, 0.1) is 23.2 Å². The van der Waals surface area contributed by atoms with E-state index in [1.807, 2.05) is 24.3 Å². The molecule has 0 radical (unpaired) electrons. The summed E-state index contributed by atoms with van der Waals surface area (Å²) in [7, 11) is 0. The number of hydrogen-bond donors (Lipinski definition) is 1. The fraction of sp³-hybridized carbons (Fsp3) is 0.222. The maximum atomic E-state index is 12.0. The summed E-state index contributed by atoms with van der Waals surface area (Å²) in [6.07, 6.45) is 2.58. The average molecular weight is 373 g/mol. The number of benzene rings is 2. The van der Waals surface area contributed by atoms with Gasteiger partial charge in [-0.15, -0.1) is 0 Å². The molecule has 1 N–H and O–H groups in total. The molecule has 134 valence electrons. The first kappa shape index (κ1) is 17.9. The third kappa shape index (κ3) is 4.37. The number of nitrogens with zero attached hydrogens (tertiary/aromatic N) is 3. The molecule has 0 bridgehead atoms. The van der Waals surface area contributed by atoms with Gasteiger partial charge < -0.3 is 5.32 Å². The van der Waals surface area contributed by atoms with Crippen molar-refractivity contribution in [3.8, 4) is 0 Å². The van der Waals surface area contributed by atoms with Crippen LogP contribution in [-0.2, 0) is 17.8 Å². The van der Waals surface area contributed by atoms with E-state index < -0.39 is 4.92 Å². The van der Waals surface area contributed by atoms with Crippen LogP contribution in [0, 0.1) is 10.1 Å². The second kappa shape index (κ2) is 7.97. The zero-order valence-corrected chi connectivity index (χ0v) is 14.6. The van der Waals surface area contributed by atoms with Crippen LogP contribution < -0.4 is 5.32 Å². The van der Waals surface area contributed by atoms with Gasteiger partial charge in [-0.1, -0.05) is 23.7 Å². The van der Waals surface area contributed by atoms with Crippen LogP contribution in [0.1, 0.15) is 12.0 Å². The number of nitro benzene ring substituents is 1. The Labute approximate surface area is 154 Å². The molecular weight excluding hydrogens is 356 g/mol. The zero-order chi connectivity index (χ0) is 18.5. The van der Waals surface area contributed by atoms with E-state index in [4.69, 9.17) is 11.6 Å². The molecule has 2 aromatic carbocycles. The Bertz CT molecular complexity index is 955. The lowest BCUT2D eigenvalue weighted by molar-refractivity contribution is -0.384. The van der Waals surface area contributed by atoms with Crippen molar-refractivity contribution in [3.05, 3.63) is 69.4 Å². The summed E-state index contributed by atoms with van der Waals surface area (Å²) < 4.78 is 1.61. The van der Waals surface area contributed by atoms with Crippen molar-refractivity contribution in [3.63, 3.8) is 0 Å². The molecular formula is C18H17ClN4O3. The van der Waals surface area contributed by atoms with Crippen LogP contribution in [0.5, 0.6) is 0 Å². The molecule has 0 saturated carbocycles. The molecule has 1 amide bonds. The Morgan fingerprint density at radius 1 is 1.27 bits per heavy atom. The molecule has 0 atom stereocenters. The second-order valence-corrected chi connectivity index (χ2v) is 6.28. The predicted molar refractivity (Wildman–Crippen MR) is 99.2 cm³/mol. The summed E-state index contributed by atoms with van der Waals surface area (Å²) in [5.74, 6) is -0.0962. The fourth-order valence-corrected chi connectivity index (χ4v) is 2.90. The SMILES string of the molecule is O=C(CCn1ncc2ccc([N+](=O)[O-])cc21)NCCc1cccc(Cl)c1. The molecule has 1 heterocycles. The minimum atomic E-state index is -0.445. The van der Waals surface area contributed by atoms with Crippen molar-refractivity contribution in [2.75, 3.05) is 6.54 Å². The Morgan fingerprint density at radius 3 is 2.88 bits per heavy atom. The number of hydrogen-bond acceptors (Lipinski definition) is 4. The summed E-state index contributed by atoms with van der Waals surface area (Å²) in [6, 6.07) is 12.1. The van der Waals surface area contributed by atoms with Crippen LogP contribution in [0.25, 0.3) is 10.9 Å². The maximum Gasteiger partial charge on any atom is 0.271 e. The molecule has 0 spiro atoms. The molecule has 0 unspecified atom stereocenters. The number of nitro groups is 1. The highest BCUT2D eigenvalue weighted by Crippen LogP contribution is 2.20. The van der Waals surface area contributed by atoms with E-state index in [9.17, 15) is 14.9 Å². The smallest absolute Gasteiger partial charge is 0.271 e. The summed E-state index contributed by atoms with van der Waals surface area (Å²) in [4.78, 5) is 22.5. The molecule has 1 aromatic heterocycles. The van der Waals surface area contributed by atoms with Gasteiger partial charge in [0.1, 0.15) is 0 Å².